The maximum Gasteiger partial charge on any atom is 0.296 e. The van der Waals surface area contributed by atoms with Crippen LogP contribution in [0.5, 0.6) is 0 Å². The van der Waals surface area contributed by atoms with Gasteiger partial charge in [0.2, 0.25) is 0 Å². The lowest BCUT2D eigenvalue weighted by molar-refractivity contribution is -0.112. The number of anilines is 2. The first-order valence-corrected chi connectivity index (χ1v) is 7.61. The number of hydrogen-bond donors (Lipinski definition) is 1. The highest BCUT2D eigenvalue weighted by atomic mass is 79.9. The van der Waals surface area contributed by atoms with E-state index in [1.807, 2.05) is 6.07 Å². The predicted molar refractivity (Wildman–Crippen MR) is 82.3 cm³/mol. The number of rotatable bonds is 1. The zero-order valence-electron chi connectivity index (χ0n) is 11.6. The number of Topliss-reactive ketones (excluding diaryl/α,β-unsaturated/α-hetero) is 1. The normalized spacial score (nSPS) is 20.9. The first-order chi connectivity index (χ1) is 9.37. The Bertz CT molecular complexity index is 600. The minimum absolute atomic E-state index is 0.393. The van der Waals surface area contributed by atoms with Crippen LogP contribution in [0.4, 0.5) is 11.4 Å². The smallest absolute Gasteiger partial charge is 0.296 e. The molecule has 20 heavy (non-hydrogen) atoms. The van der Waals surface area contributed by atoms with Gasteiger partial charge in [-0.1, -0.05) is 13.8 Å². The summed E-state index contributed by atoms with van der Waals surface area (Å²) in [5, 5.41) is 2.63. The van der Waals surface area contributed by atoms with Crippen LogP contribution in [0.1, 0.15) is 37.0 Å². The summed E-state index contributed by atoms with van der Waals surface area (Å²) in [6.45, 7) is 6.57. The molecule has 1 aromatic carbocycles. The van der Waals surface area contributed by atoms with E-state index < -0.39 is 11.7 Å². The number of ketones is 1. The van der Waals surface area contributed by atoms with Crippen molar-refractivity contribution < 1.29 is 9.59 Å². The SMILES string of the molecule is CC1(C)CCN(c2cc3c(cc2Br)C(=O)C(=O)N3)CC1. The van der Waals surface area contributed by atoms with Crippen molar-refractivity contribution in [1.82, 2.24) is 0 Å². The lowest BCUT2D eigenvalue weighted by atomic mass is 9.82. The van der Waals surface area contributed by atoms with Gasteiger partial charge in [-0.3, -0.25) is 9.59 Å². The summed E-state index contributed by atoms with van der Waals surface area (Å²) >= 11 is 3.53. The van der Waals surface area contributed by atoms with Crippen LogP contribution in [-0.2, 0) is 4.79 Å². The van der Waals surface area contributed by atoms with Crippen molar-refractivity contribution in [2.45, 2.75) is 26.7 Å². The van der Waals surface area contributed by atoms with Crippen LogP contribution in [0, 0.1) is 5.41 Å². The topological polar surface area (TPSA) is 49.4 Å². The Kier molecular flexibility index (Phi) is 3.12. The monoisotopic (exact) mass is 336 g/mol. The first kappa shape index (κ1) is 13.6. The Labute approximate surface area is 126 Å². The fourth-order valence-electron chi connectivity index (χ4n) is 2.75. The molecule has 0 aliphatic carbocycles. The van der Waals surface area contributed by atoms with Crippen molar-refractivity contribution in [3.05, 3.63) is 22.2 Å². The number of halogens is 1. The van der Waals surface area contributed by atoms with Crippen molar-refractivity contribution in [2.24, 2.45) is 5.41 Å². The quantitative estimate of drug-likeness (QED) is 0.801. The van der Waals surface area contributed by atoms with Gasteiger partial charge in [-0.2, -0.15) is 0 Å². The zero-order valence-corrected chi connectivity index (χ0v) is 13.2. The van der Waals surface area contributed by atoms with Gasteiger partial charge in [0.1, 0.15) is 0 Å². The fraction of sp³-hybridized carbons (Fsp3) is 0.467. The Morgan fingerprint density at radius 2 is 1.85 bits per heavy atom. The third-order valence-corrected chi connectivity index (χ3v) is 4.88. The largest absolute Gasteiger partial charge is 0.371 e. The standard InChI is InChI=1S/C15H17BrN2O2/c1-15(2)3-5-18(6-4-15)12-8-11-9(7-10(12)16)13(19)14(20)17-11/h7-8H,3-6H2,1-2H3,(H,17,19,20). The van der Waals surface area contributed by atoms with E-state index in [2.05, 4.69) is 40.0 Å². The molecular weight excluding hydrogens is 320 g/mol. The van der Waals surface area contributed by atoms with Crippen molar-refractivity contribution in [2.75, 3.05) is 23.3 Å². The number of fused-ring (bicyclic) bond motifs is 1. The highest BCUT2D eigenvalue weighted by molar-refractivity contribution is 9.10. The second-order valence-electron chi connectivity index (χ2n) is 6.28. The molecular formula is C15H17BrN2O2. The first-order valence-electron chi connectivity index (χ1n) is 6.82. The Morgan fingerprint density at radius 3 is 2.50 bits per heavy atom. The lowest BCUT2D eigenvalue weighted by Crippen LogP contribution is -2.37. The van der Waals surface area contributed by atoms with E-state index in [1.54, 1.807) is 6.07 Å². The van der Waals surface area contributed by atoms with Crippen LogP contribution in [0.3, 0.4) is 0 Å². The van der Waals surface area contributed by atoms with E-state index in [9.17, 15) is 9.59 Å². The highest BCUT2D eigenvalue weighted by Gasteiger charge is 2.31. The molecule has 0 radical (unpaired) electrons. The van der Waals surface area contributed by atoms with Gasteiger partial charge >= 0.3 is 0 Å². The van der Waals surface area contributed by atoms with Crippen LogP contribution in [0.25, 0.3) is 0 Å². The highest BCUT2D eigenvalue weighted by Crippen LogP contribution is 2.38. The second kappa shape index (κ2) is 4.58. The van der Waals surface area contributed by atoms with Crippen molar-refractivity contribution in [3.8, 4) is 0 Å². The number of benzene rings is 1. The Hall–Kier alpha value is -1.36. The molecule has 2 aliphatic rings. The van der Waals surface area contributed by atoms with Crippen LogP contribution >= 0.6 is 15.9 Å². The Morgan fingerprint density at radius 1 is 1.20 bits per heavy atom. The van der Waals surface area contributed by atoms with Gasteiger partial charge in [-0.05, 0) is 46.3 Å². The number of carbonyl (C=O) groups excluding carboxylic acids is 2. The fourth-order valence-corrected chi connectivity index (χ4v) is 3.34. The van der Waals surface area contributed by atoms with Crippen LogP contribution in [-0.4, -0.2) is 24.8 Å². The molecule has 2 aliphatic heterocycles. The molecule has 0 bridgehead atoms. The molecule has 2 heterocycles. The molecule has 1 N–H and O–H groups in total. The molecule has 3 rings (SSSR count). The molecule has 1 amide bonds. The summed E-state index contributed by atoms with van der Waals surface area (Å²) in [5.74, 6) is -0.990. The van der Waals surface area contributed by atoms with Gasteiger partial charge in [-0.25, -0.2) is 0 Å². The van der Waals surface area contributed by atoms with Gasteiger partial charge in [0, 0.05) is 17.6 Å². The second-order valence-corrected chi connectivity index (χ2v) is 7.14. The van der Waals surface area contributed by atoms with Crippen LogP contribution in [0.2, 0.25) is 0 Å². The van der Waals surface area contributed by atoms with E-state index in [0.29, 0.717) is 16.7 Å². The Balaban J connectivity index is 1.91. The average molecular weight is 337 g/mol. The van der Waals surface area contributed by atoms with E-state index in [1.165, 1.54) is 0 Å². The maximum atomic E-state index is 11.7. The van der Waals surface area contributed by atoms with Crippen LogP contribution in [0.15, 0.2) is 16.6 Å². The van der Waals surface area contributed by atoms with Gasteiger partial charge in [0.05, 0.1) is 16.9 Å². The minimum Gasteiger partial charge on any atom is -0.371 e. The summed E-state index contributed by atoms with van der Waals surface area (Å²) in [7, 11) is 0. The molecule has 5 heteroatoms. The van der Waals surface area contributed by atoms with Gasteiger partial charge in [-0.15, -0.1) is 0 Å². The molecule has 106 valence electrons. The summed E-state index contributed by atoms with van der Waals surface area (Å²) in [5.41, 5.74) is 2.53. The van der Waals surface area contributed by atoms with Crippen LogP contribution < -0.4 is 10.2 Å². The molecule has 1 aromatic rings. The number of amides is 1. The van der Waals surface area contributed by atoms with Gasteiger partial charge in [0.25, 0.3) is 11.7 Å². The van der Waals surface area contributed by atoms with E-state index >= 15 is 0 Å². The van der Waals surface area contributed by atoms with Gasteiger partial charge < -0.3 is 10.2 Å². The molecule has 0 spiro atoms. The molecule has 0 unspecified atom stereocenters. The summed E-state index contributed by atoms with van der Waals surface area (Å²) in [6.07, 6.45) is 2.28. The molecule has 1 fully saturated rings. The maximum absolute atomic E-state index is 11.7. The summed E-state index contributed by atoms with van der Waals surface area (Å²) in [6, 6.07) is 3.66. The van der Waals surface area contributed by atoms with Crippen molar-refractivity contribution >= 4 is 39.0 Å². The third-order valence-electron chi connectivity index (χ3n) is 4.24. The molecule has 0 atom stereocenters. The molecule has 4 nitrogen and oxygen atoms in total. The number of piperidine rings is 1. The number of hydrogen-bond acceptors (Lipinski definition) is 3. The average Bonchev–Trinajstić information content (AvgIpc) is 2.65. The molecule has 1 saturated heterocycles. The molecule has 0 aromatic heterocycles. The van der Waals surface area contributed by atoms with Crippen molar-refractivity contribution in [1.29, 1.82) is 0 Å². The van der Waals surface area contributed by atoms with Gasteiger partial charge in [0.15, 0.2) is 0 Å². The third kappa shape index (κ3) is 2.24. The number of nitrogens with zero attached hydrogens (tertiary/aromatic N) is 1. The lowest BCUT2D eigenvalue weighted by Gasteiger charge is -2.38. The molecule has 0 saturated carbocycles. The minimum atomic E-state index is -0.538. The van der Waals surface area contributed by atoms with E-state index in [0.717, 1.165) is 36.1 Å². The predicted octanol–water partition coefficient (Wildman–Crippen LogP) is 3.21. The summed E-state index contributed by atoms with van der Waals surface area (Å²) in [4.78, 5) is 25.4. The number of carbonyl (C=O) groups is 2. The summed E-state index contributed by atoms with van der Waals surface area (Å²) < 4.78 is 0.876. The van der Waals surface area contributed by atoms with E-state index in [-0.39, 0.29) is 0 Å². The van der Waals surface area contributed by atoms with E-state index in [4.69, 9.17) is 0 Å². The number of nitrogens with one attached hydrogen (secondary N) is 1. The van der Waals surface area contributed by atoms with Crippen molar-refractivity contribution in [3.63, 3.8) is 0 Å². The zero-order chi connectivity index (χ0) is 14.5.